The van der Waals surface area contributed by atoms with Crippen LogP contribution in [0.5, 0.6) is 0 Å². The predicted molar refractivity (Wildman–Crippen MR) is 455 cm³/mol. The molecule has 506 valence electrons. The monoisotopic (exact) mass is 1400 g/mol. The summed E-state index contributed by atoms with van der Waals surface area (Å²) >= 11 is 0. The van der Waals surface area contributed by atoms with Gasteiger partial charge in [0.05, 0.1) is 99.8 Å². The van der Waals surface area contributed by atoms with E-state index in [0.717, 1.165) is 49.6 Å². The first-order valence-corrected chi connectivity index (χ1v) is 35.5. The van der Waals surface area contributed by atoms with E-state index in [4.69, 9.17) is 12.6 Å². The van der Waals surface area contributed by atoms with Crippen molar-refractivity contribution in [1.29, 1.82) is 0 Å². The summed E-state index contributed by atoms with van der Waals surface area (Å²) in [6, 6.07) is 51.5. The Morgan fingerprint density at radius 1 is 0.287 bits per heavy atom. The molecule has 0 N–H and O–H groups in total. The van der Waals surface area contributed by atoms with Crippen LogP contribution in [-0.2, 0) is 5.41 Å². The first kappa shape index (κ1) is 41.6. The predicted octanol–water partition coefficient (Wildman–Crippen LogP) is 24.7. The SMILES string of the molecule is [2H]c1c([2H])c([2H])c2c(c1[2H])c1c([2H])c([2H])c([2H])c([2H])c1n2-c1ccc2c(c1)N(c1cccc3c1oc1c(-n4c5c([2H])c([2H])c([2H])c([2H])c5c5c([2H])c([2H])c([2H])c([2H])c54)cccc13)c1cc(-n3c4c([2H])c([2H])c([2H])c([2H])c4c4c([2H])c([2H])c([2H])c([2H])c43)cc3c1B2c1ccc(-n2c4ccccc4c4cc(C(C)(C)C)ccc42)cc1N3c1c(-c2ccccc2)cccc1-c1ccccc1. The molecule has 0 aliphatic carbocycles. The van der Waals surface area contributed by atoms with Crippen molar-refractivity contribution in [1.82, 2.24) is 18.3 Å². The van der Waals surface area contributed by atoms with Crippen LogP contribution in [0.25, 0.3) is 154 Å². The summed E-state index contributed by atoms with van der Waals surface area (Å²) in [6.07, 6.45) is 0. The standard InChI is InChI=1S/C100H67BN6O/c1-100(2,3)64-51-56-89-79(57-64)76-37-16-21-46-86(76)103(89)66-53-55-81-93(59-66)107(97-68(62-27-6-4-7-28-62)38-24-39-69(97)63-29-8-5-9-30-63)95-61-67(104-84-44-19-12-33-72(84)73-34-13-20-45-85(73)104)60-94-96(95)101(81)80-54-52-65(102-82-42-17-10-31-70(82)71-32-11-18-43-83(71)102)58-92(80)106(94)91-50-26-41-78-77-40-25-49-90(98(77)108-99(78)91)105-87-47-22-14-35-74(87)75-36-15-23-48-88(75)105/h4-61H,1-3H3/i10D,11D,12D,13D,14D,15D,17D,18D,19D,20D,22D,23D,31D,32D,33D,34D,35D,36D,42D,43D,44D,45D,47D,48D. The largest absolute Gasteiger partial charge is 0.452 e. The molecule has 2 aliphatic rings. The van der Waals surface area contributed by atoms with E-state index in [9.17, 15) is 24.7 Å². The average molecular weight is 1400 g/mol. The van der Waals surface area contributed by atoms with Crippen LogP contribution in [0.2, 0.25) is 0 Å². The van der Waals surface area contributed by atoms with E-state index in [1.807, 2.05) is 108 Å². The minimum Gasteiger partial charge on any atom is -0.452 e. The highest BCUT2D eigenvalue weighted by Crippen LogP contribution is 2.54. The maximum Gasteiger partial charge on any atom is 0.252 e. The van der Waals surface area contributed by atoms with Crippen LogP contribution < -0.4 is 26.2 Å². The highest BCUT2D eigenvalue weighted by Gasteiger charge is 2.46. The second-order valence-corrected chi connectivity index (χ2v) is 28.5. The van der Waals surface area contributed by atoms with Gasteiger partial charge >= 0.3 is 0 Å². The molecule has 16 aromatic carbocycles. The molecule has 0 amide bonds. The number of anilines is 6. The van der Waals surface area contributed by atoms with Crippen molar-refractivity contribution < 1.29 is 37.3 Å². The fraction of sp³-hybridized carbons (Fsp3) is 0.0400. The molecule has 0 bridgehead atoms. The van der Waals surface area contributed by atoms with E-state index in [-0.39, 0.29) is 116 Å². The third-order valence-electron chi connectivity index (χ3n) is 21.8. The molecule has 0 saturated heterocycles. The second kappa shape index (κ2) is 22.8. The smallest absolute Gasteiger partial charge is 0.252 e. The van der Waals surface area contributed by atoms with Gasteiger partial charge in [-0.25, -0.2) is 0 Å². The number of nitrogens with zero attached hydrogens (tertiary/aromatic N) is 6. The van der Waals surface area contributed by atoms with Crippen molar-refractivity contribution >= 4 is 166 Å². The Labute approximate surface area is 657 Å². The lowest BCUT2D eigenvalue weighted by Crippen LogP contribution is -2.61. The lowest BCUT2D eigenvalue weighted by atomic mass is 9.33. The van der Waals surface area contributed by atoms with Crippen LogP contribution in [0.3, 0.4) is 0 Å². The molecule has 0 radical (unpaired) electrons. The van der Waals surface area contributed by atoms with E-state index >= 15 is 0 Å². The van der Waals surface area contributed by atoms with Crippen LogP contribution in [-0.4, -0.2) is 25.0 Å². The second-order valence-electron chi connectivity index (χ2n) is 28.5. The van der Waals surface area contributed by atoms with Crippen LogP contribution in [0.4, 0.5) is 34.1 Å². The average Bonchev–Trinajstić information content (AvgIpc) is 1.15. The molecule has 23 rings (SSSR count). The molecular formula is C100H67BN6O. The van der Waals surface area contributed by atoms with Crippen LogP contribution in [0.1, 0.15) is 59.2 Å². The first-order chi connectivity index (χ1) is 63.2. The molecule has 0 atom stereocenters. The Balaban J connectivity index is 0.934. The molecule has 0 fully saturated rings. The lowest BCUT2D eigenvalue weighted by molar-refractivity contribution is 0.591. The summed E-state index contributed by atoms with van der Waals surface area (Å²) in [5.74, 6) is 0. The summed E-state index contributed by atoms with van der Waals surface area (Å²) in [5, 5.41) is 1.58. The highest BCUT2D eigenvalue weighted by atomic mass is 16.3. The zero-order chi connectivity index (χ0) is 92.1. The molecule has 7 heterocycles. The van der Waals surface area contributed by atoms with E-state index in [2.05, 4.69) is 78.8 Å². The Bertz CT molecular complexity index is 8630. The van der Waals surface area contributed by atoms with Crippen LogP contribution in [0, 0.1) is 0 Å². The molecule has 0 unspecified atom stereocenters. The van der Waals surface area contributed by atoms with E-state index in [0.29, 0.717) is 49.9 Å². The highest BCUT2D eigenvalue weighted by molar-refractivity contribution is 7.00. The molecule has 0 spiro atoms. The summed E-state index contributed by atoms with van der Waals surface area (Å²) in [5.41, 5.74) is 9.86. The van der Waals surface area contributed by atoms with Gasteiger partial charge in [-0.1, -0.05) is 269 Å². The van der Waals surface area contributed by atoms with Crippen LogP contribution in [0.15, 0.2) is 356 Å². The summed E-state index contributed by atoms with van der Waals surface area (Å²) in [4.78, 5) is 4.10. The third-order valence-corrected chi connectivity index (χ3v) is 21.8. The Hall–Kier alpha value is -13.8. The van der Waals surface area contributed by atoms with Gasteiger partial charge in [-0.15, -0.1) is 0 Å². The van der Waals surface area contributed by atoms with Gasteiger partial charge in [0, 0.05) is 99.1 Å². The molecule has 108 heavy (non-hydrogen) atoms. The Morgan fingerprint density at radius 3 is 1.20 bits per heavy atom. The first-order valence-electron chi connectivity index (χ1n) is 47.5. The number of furan rings is 1. The Kier molecular flexibility index (Phi) is 8.80. The number of fused-ring (bicyclic) bond motifs is 19. The number of para-hydroxylation sites is 10. The summed E-state index contributed by atoms with van der Waals surface area (Å²) < 4.78 is 243. The molecule has 5 aromatic heterocycles. The van der Waals surface area contributed by atoms with E-state index < -0.39 is 152 Å². The van der Waals surface area contributed by atoms with Gasteiger partial charge < -0.3 is 32.5 Å². The van der Waals surface area contributed by atoms with Crippen molar-refractivity contribution in [2.45, 2.75) is 26.2 Å². The number of rotatable bonds is 8. The van der Waals surface area contributed by atoms with Crippen molar-refractivity contribution in [2.75, 3.05) is 9.80 Å². The van der Waals surface area contributed by atoms with Crippen molar-refractivity contribution in [2.24, 2.45) is 0 Å². The van der Waals surface area contributed by atoms with Gasteiger partial charge in [0.2, 0.25) is 0 Å². The number of aromatic nitrogens is 4. The maximum absolute atomic E-state index is 10.2. The fourth-order valence-corrected chi connectivity index (χ4v) is 17.2. The topological polar surface area (TPSA) is 39.3 Å². The van der Waals surface area contributed by atoms with Crippen molar-refractivity contribution in [3.8, 4) is 45.0 Å². The summed E-state index contributed by atoms with van der Waals surface area (Å²) in [6.45, 7) is 5.56. The van der Waals surface area contributed by atoms with Crippen molar-refractivity contribution in [3.05, 3.63) is 357 Å². The normalized spacial score (nSPS) is 16.0. The number of benzene rings is 16. The molecule has 7 nitrogen and oxygen atoms in total. The van der Waals surface area contributed by atoms with Gasteiger partial charge in [0.15, 0.2) is 11.2 Å². The molecule has 8 heteroatoms. The van der Waals surface area contributed by atoms with E-state index in [1.165, 1.54) is 13.7 Å². The van der Waals surface area contributed by atoms with Crippen LogP contribution >= 0.6 is 0 Å². The zero-order valence-corrected chi connectivity index (χ0v) is 57.8. The minimum absolute atomic E-state index is 0.0556. The maximum atomic E-state index is 10.2. The quantitative estimate of drug-likeness (QED) is 0.142. The van der Waals surface area contributed by atoms with Gasteiger partial charge in [0.1, 0.15) is 0 Å². The van der Waals surface area contributed by atoms with Crippen molar-refractivity contribution in [3.63, 3.8) is 0 Å². The van der Waals surface area contributed by atoms with Gasteiger partial charge in [-0.3, -0.25) is 0 Å². The zero-order valence-electron chi connectivity index (χ0n) is 81.8. The van der Waals surface area contributed by atoms with Gasteiger partial charge in [-0.05, 0) is 141 Å². The van der Waals surface area contributed by atoms with Gasteiger partial charge in [-0.2, -0.15) is 0 Å². The fourth-order valence-electron chi connectivity index (χ4n) is 17.2. The molecular weight excluding hydrogens is 1310 g/mol. The van der Waals surface area contributed by atoms with Gasteiger partial charge in [0.25, 0.3) is 6.71 Å². The molecule has 21 aromatic rings. The molecule has 0 saturated carbocycles. The minimum atomic E-state index is -0.960. The lowest BCUT2D eigenvalue weighted by Gasteiger charge is -2.45. The number of hydrogen-bond acceptors (Lipinski definition) is 3. The Morgan fingerprint density at radius 2 is 0.685 bits per heavy atom. The third kappa shape index (κ3) is 8.62. The molecule has 2 aliphatic heterocycles. The summed E-state index contributed by atoms with van der Waals surface area (Å²) in [7, 11) is 0. The van der Waals surface area contributed by atoms with E-state index in [1.54, 1.807) is 54.6 Å². The number of hydrogen-bond donors (Lipinski definition) is 0.